The number of nitro groups is 1. The van der Waals surface area contributed by atoms with Gasteiger partial charge < -0.3 is 0 Å². The fourth-order valence-corrected chi connectivity index (χ4v) is 2.84. The van der Waals surface area contributed by atoms with Crippen LogP contribution in [0.15, 0.2) is 59.9 Å². The van der Waals surface area contributed by atoms with Crippen LogP contribution in [0.1, 0.15) is 5.56 Å². The van der Waals surface area contributed by atoms with Crippen molar-refractivity contribution in [1.82, 2.24) is 9.55 Å². The van der Waals surface area contributed by atoms with Crippen LogP contribution in [0.2, 0.25) is 0 Å². The van der Waals surface area contributed by atoms with Crippen molar-refractivity contribution in [3.05, 3.63) is 70.4 Å². The summed E-state index contributed by atoms with van der Waals surface area (Å²) in [6.45, 7) is 2.05. The van der Waals surface area contributed by atoms with Crippen LogP contribution in [0.5, 0.6) is 0 Å². The number of benzene rings is 2. The van der Waals surface area contributed by atoms with Crippen LogP contribution >= 0.6 is 11.8 Å². The molecule has 0 saturated heterocycles. The largest absolute Gasteiger partial charge is 0.294 e. The first-order chi connectivity index (χ1) is 11.1. The molecule has 0 aliphatic rings. The van der Waals surface area contributed by atoms with Gasteiger partial charge >= 0.3 is 0 Å². The van der Waals surface area contributed by atoms with Crippen LogP contribution in [-0.4, -0.2) is 20.7 Å². The summed E-state index contributed by atoms with van der Waals surface area (Å²) in [5.41, 5.74) is 3.98. The Morgan fingerprint density at radius 1 is 1.09 bits per heavy atom. The smallest absolute Gasteiger partial charge is 0.269 e. The van der Waals surface area contributed by atoms with E-state index in [4.69, 9.17) is 0 Å². The number of imidazole rings is 1. The highest BCUT2D eigenvalue weighted by molar-refractivity contribution is 7.98. The van der Waals surface area contributed by atoms with Crippen molar-refractivity contribution in [2.24, 2.45) is 0 Å². The van der Waals surface area contributed by atoms with E-state index < -0.39 is 4.92 Å². The van der Waals surface area contributed by atoms with Crippen molar-refractivity contribution >= 4 is 17.4 Å². The molecule has 0 radical (unpaired) electrons. The third-order valence-electron chi connectivity index (χ3n) is 3.54. The van der Waals surface area contributed by atoms with Crippen LogP contribution in [0.4, 0.5) is 5.69 Å². The van der Waals surface area contributed by atoms with E-state index in [9.17, 15) is 10.1 Å². The van der Waals surface area contributed by atoms with Gasteiger partial charge in [-0.05, 0) is 37.4 Å². The normalized spacial score (nSPS) is 10.7. The molecule has 0 aliphatic carbocycles. The van der Waals surface area contributed by atoms with E-state index in [0.29, 0.717) is 0 Å². The Kier molecular flexibility index (Phi) is 4.16. The number of non-ortho nitro benzene ring substituents is 1. The molecule has 116 valence electrons. The minimum atomic E-state index is -0.401. The molecule has 23 heavy (non-hydrogen) atoms. The lowest BCUT2D eigenvalue weighted by atomic mass is 10.1. The highest BCUT2D eigenvalue weighted by Crippen LogP contribution is 2.27. The molecule has 3 aromatic rings. The van der Waals surface area contributed by atoms with Gasteiger partial charge in [-0.15, -0.1) is 0 Å². The molecule has 0 atom stereocenters. The number of nitrogens with zero attached hydrogens (tertiary/aromatic N) is 3. The second-order valence-electron chi connectivity index (χ2n) is 5.12. The van der Waals surface area contributed by atoms with Gasteiger partial charge in [-0.3, -0.25) is 14.7 Å². The summed E-state index contributed by atoms with van der Waals surface area (Å²) in [6, 6.07) is 14.7. The van der Waals surface area contributed by atoms with Gasteiger partial charge in [0.1, 0.15) is 0 Å². The van der Waals surface area contributed by atoms with Crippen molar-refractivity contribution in [2.75, 3.05) is 6.26 Å². The number of aromatic nitrogens is 2. The third-order valence-corrected chi connectivity index (χ3v) is 4.20. The first-order valence-corrected chi connectivity index (χ1v) is 8.26. The maximum absolute atomic E-state index is 10.7. The summed E-state index contributed by atoms with van der Waals surface area (Å²) in [6.07, 6.45) is 3.93. The summed E-state index contributed by atoms with van der Waals surface area (Å²) in [4.78, 5) is 15.0. The minimum Gasteiger partial charge on any atom is -0.294 e. The molecule has 0 fully saturated rings. The zero-order valence-corrected chi connectivity index (χ0v) is 13.6. The van der Waals surface area contributed by atoms with Gasteiger partial charge in [0.25, 0.3) is 5.69 Å². The zero-order chi connectivity index (χ0) is 16.4. The average molecular weight is 325 g/mol. The molecular formula is C17H15N3O2S. The molecule has 0 amide bonds. The predicted octanol–water partition coefficient (Wildman–Crippen LogP) is 4.48. The molecule has 6 heteroatoms. The van der Waals surface area contributed by atoms with Gasteiger partial charge in [-0.2, -0.15) is 0 Å². The van der Waals surface area contributed by atoms with E-state index in [2.05, 4.69) is 36.2 Å². The summed E-state index contributed by atoms with van der Waals surface area (Å²) in [7, 11) is 0. The van der Waals surface area contributed by atoms with Gasteiger partial charge in [0.05, 0.1) is 10.6 Å². The van der Waals surface area contributed by atoms with Crippen molar-refractivity contribution < 1.29 is 4.92 Å². The molecule has 3 rings (SSSR count). The van der Waals surface area contributed by atoms with Crippen LogP contribution in [0.3, 0.4) is 0 Å². The molecule has 0 aliphatic heterocycles. The molecule has 0 saturated carbocycles. The van der Waals surface area contributed by atoms with E-state index >= 15 is 0 Å². The molecule has 0 bridgehead atoms. The van der Waals surface area contributed by atoms with E-state index in [1.54, 1.807) is 23.9 Å². The lowest BCUT2D eigenvalue weighted by Crippen LogP contribution is -1.93. The number of thioether (sulfide) groups is 1. The Labute approximate surface area is 138 Å². The molecule has 0 N–H and O–H groups in total. The molecule has 0 unspecified atom stereocenters. The molecule has 5 nitrogen and oxygen atoms in total. The predicted molar refractivity (Wildman–Crippen MR) is 92.2 cm³/mol. The maximum Gasteiger partial charge on any atom is 0.269 e. The summed E-state index contributed by atoms with van der Waals surface area (Å²) >= 11 is 1.56. The molecule has 0 spiro atoms. The van der Waals surface area contributed by atoms with Crippen molar-refractivity contribution in [2.45, 2.75) is 12.1 Å². The highest BCUT2D eigenvalue weighted by atomic mass is 32.2. The summed E-state index contributed by atoms with van der Waals surface area (Å²) < 4.78 is 2.03. The number of nitro benzene ring substituents is 1. The maximum atomic E-state index is 10.7. The quantitative estimate of drug-likeness (QED) is 0.403. The monoisotopic (exact) mass is 325 g/mol. The Morgan fingerprint density at radius 2 is 1.74 bits per heavy atom. The molecule has 2 aromatic carbocycles. The topological polar surface area (TPSA) is 61.0 Å². The standard InChI is InChI=1S/C17H15N3O2S/c1-12-3-7-14(8-4-12)19-11-16(18-17(19)23-2)13-5-9-15(10-6-13)20(21)22/h3-11H,1-2H3. The van der Waals surface area contributed by atoms with Gasteiger partial charge in [0.2, 0.25) is 0 Å². The average Bonchev–Trinajstić information content (AvgIpc) is 3.00. The summed E-state index contributed by atoms with van der Waals surface area (Å²) in [5.74, 6) is 0. The summed E-state index contributed by atoms with van der Waals surface area (Å²) in [5, 5.41) is 11.6. The van der Waals surface area contributed by atoms with Gasteiger partial charge in [0.15, 0.2) is 5.16 Å². The first kappa shape index (κ1) is 15.3. The molecular weight excluding hydrogens is 310 g/mol. The Bertz CT molecular complexity index is 839. The first-order valence-electron chi connectivity index (χ1n) is 7.04. The van der Waals surface area contributed by atoms with Crippen LogP contribution in [-0.2, 0) is 0 Å². The van der Waals surface area contributed by atoms with Crippen LogP contribution in [0, 0.1) is 17.0 Å². The fourth-order valence-electron chi connectivity index (χ4n) is 2.29. The Morgan fingerprint density at radius 3 is 2.30 bits per heavy atom. The van der Waals surface area contributed by atoms with Crippen molar-refractivity contribution in [3.63, 3.8) is 0 Å². The number of hydrogen-bond acceptors (Lipinski definition) is 4. The molecule has 1 aromatic heterocycles. The van der Waals surface area contributed by atoms with E-state index in [1.165, 1.54) is 17.7 Å². The minimum absolute atomic E-state index is 0.0804. The van der Waals surface area contributed by atoms with E-state index in [0.717, 1.165) is 22.1 Å². The van der Waals surface area contributed by atoms with Crippen molar-refractivity contribution in [1.29, 1.82) is 0 Å². The third kappa shape index (κ3) is 3.12. The number of aryl methyl sites for hydroxylation is 1. The Hall–Kier alpha value is -2.60. The number of hydrogen-bond donors (Lipinski definition) is 0. The van der Waals surface area contributed by atoms with Crippen molar-refractivity contribution in [3.8, 4) is 16.9 Å². The molecule has 1 heterocycles. The van der Waals surface area contributed by atoms with Gasteiger partial charge in [-0.1, -0.05) is 29.5 Å². The second-order valence-corrected chi connectivity index (χ2v) is 5.90. The lowest BCUT2D eigenvalue weighted by Gasteiger charge is -2.05. The highest BCUT2D eigenvalue weighted by Gasteiger charge is 2.12. The van der Waals surface area contributed by atoms with Crippen LogP contribution < -0.4 is 0 Å². The van der Waals surface area contributed by atoms with Gasteiger partial charge in [0, 0.05) is 29.6 Å². The zero-order valence-electron chi connectivity index (χ0n) is 12.8. The lowest BCUT2D eigenvalue weighted by molar-refractivity contribution is -0.384. The SMILES string of the molecule is CSc1nc(-c2ccc([N+](=O)[O-])cc2)cn1-c1ccc(C)cc1. The van der Waals surface area contributed by atoms with E-state index in [-0.39, 0.29) is 5.69 Å². The number of rotatable bonds is 4. The van der Waals surface area contributed by atoms with Gasteiger partial charge in [-0.25, -0.2) is 4.98 Å². The second kappa shape index (κ2) is 6.26. The Balaban J connectivity index is 2.01. The fraction of sp³-hybridized carbons (Fsp3) is 0.118. The van der Waals surface area contributed by atoms with Crippen LogP contribution in [0.25, 0.3) is 16.9 Å². The van der Waals surface area contributed by atoms with E-state index in [1.807, 2.05) is 17.0 Å².